The Hall–Kier alpha value is -2.94. The van der Waals surface area contributed by atoms with E-state index in [2.05, 4.69) is 0 Å². The summed E-state index contributed by atoms with van der Waals surface area (Å²) in [6.45, 7) is 2.02. The Morgan fingerprint density at radius 3 is 1.32 bits per heavy atom. The minimum Gasteiger partial charge on any atom is -0.490 e. The third-order valence-electron chi connectivity index (χ3n) is 3.63. The summed E-state index contributed by atoms with van der Waals surface area (Å²) in [6, 6.07) is 29.2. The molecule has 0 radical (unpaired) electrons. The monoisotopic (exact) mass is 334 g/mol. The quantitative estimate of drug-likeness (QED) is 0.521. The van der Waals surface area contributed by atoms with E-state index in [4.69, 9.17) is 14.2 Å². The van der Waals surface area contributed by atoms with E-state index in [-0.39, 0.29) is 6.10 Å². The maximum atomic E-state index is 6.02. The van der Waals surface area contributed by atoms with Crippen molar-refractivity contribution in [3.05, 3.63) is 91.0 Å². The molecule has 0 aromatic heterocycles. The number of ether oxygens (including phenoxy) is 3. The second-order valence-electron chi connectivity index (χ2n) is 5.77. The second kappa shape index (κ2) is 8.78. The largest absolute Gasteiger partial charge is 0.490 e. The van der Waals surface area contributed by atoms with Crippen LogP contribution in [0.5, 0.6) is 17.2 Å². The molecule has 0 amide bonds. The van der Waals surface area contributed by atoms with Crippen LogP contribution < -0.4 is 14.2 Å². The highest BCUT2D eigenvalue weighted by Gasteiger charge is 2.18. The second-order valence-corrected chi connectivity index (χ2v) is 5.77. The summed E-state index contributed by atoms with van der Waals surface area (Å²) in [5, 5.41) is 0. The molecular formula is C22H22O3. The molecule has 0 aliphatic carbocycles. The molecule has 0 N–H and O–H groups in total. The molecule has 3 aromatic carbocycles. The number of hydrogen-bond donors (Lipinski definition) is 0. The SMILES string of the molecule is CC(CC(Oc1ccccc1)Oc1ccccc1)Oc1ccccc1. The van der Waals surface area contributed by atoms with Gasteiger partial charge in [-0.2, -0.15) is 0 Å². The van der Waals surface area contributed by atoms with E-state index in [0.29, 0.717) is 6.42 Å². The van der Waals surface area contributed by atoms with Crippen LogP contribution in [0.4, 0.5) is 0 Å². The van der Waals surface area contributed by atoms with Gasteiger partial charge >= 0.3 is 0 Å². The molecule has 3 heteroatoms. The van der Waals surface area contributed by atoms with Gasteiger partial charge in [0.2, 0.25) is 6.29 Å². The summed E-state index contributed by atoms with van der Waals surface area (Å²) in [4.78, 5) is 0. The van der Waals surface area contributed by atoms with Crippen molar-refractivity contribution >= 4 is 0 Å². The first-order valence-corrected chi connectivity index (χ1v) is 8.45. The highest BCUT2D eigenvalue weighted by atomic mass is 16.7. The van der Waals surface area contributed by atoms with Crippen LogP contribution in [0.2, 0.25) is 0 Å². The molecule has 0 heterocycles. The van der Waals surface area contributed by atoms with Crippen molar-refractivity contribution in [2.24, 2.45) is 0 Å². The van der Waals surface area contributed by atoms with Gasteiger partial charge in [-0.15, -0.1) is 0 Å². The predicted molar refractivity (Wildman–Crippen MR) is 99.1 cm³/mol. The molecule has 3 aromatic rings. The molecule has 0 spiro atoms. The van der Waals surface area contributed by atoms with Crippen LogP contribution >= 0.6 is 0 Å². The molecule has 0 aliphatic heterocycles. The Bertz CT molecular complexity index is 687. The number of rotatable bonds is 8. The van der Waals surface area contributed by atoms with E-state index in [1.165, 1.54) is 0 Å². The van der Waals surface area contributed by atoms with Crippen molar-refractivity contribution in [3.8, 4) is 17.2 Å². The topological polar surface area (TPSA) is 27.7 Å². The van der Waals surface area contributed by atoms with Gasteiger partial charge in [0.25, 0.3) is 0 Å². The lowest BCUT2D eigenvalue weighted by atomic mass is 10.2. The first-order valence-electron chi connectivity index (χ1n) is 8.45. The first-order chi connectivity index (χ1) is 12.3. The van der Waals surface area contributed by atoms with Gasteiger partial charge in [0.1, 0.15) is 23.4 Å². The molecule has 0 saturated carbocycles. The summed E-state index contributed by atoms with van der Waals surface area (Å²) < 4.78 is 18.0. The third kappa shape index (κ3) is 5.57. The molecule has 3 nitrogen and oxygen atoms in total. The van der Waals surface area contributed by atoms with Crippen LogP contribution in [-0.2, 0) is 0 Å². The molecule has 1 unspecified atom stereocenters. The maximum Gasteiger partial charge on any atom is 0.244 e. The van der Waals surface area contributed by atoms with Gasteiger partial charge in [0.05, 0.1) is 6.42 Å². The van der Waals surface area contributed by atoms with Crippen LogP contribution in [0.25, 0.3) is 0 Å². The Balaban J connectivity index is 1.66. The fraction of sp³-hybridized carbons (Fsp3) is 0.182. The van der Waals surface area contributed by atoms with E-state index in [0.717, 1.165) is 17.2 Å². The summed E-state index contributed by atoms with van der Waals surface area (Å²) in [6.07, 6.45) is 0.0990. The maximum absolute atomic E-state index is 6.02. The van der Waals surface area contributed by atoms with Crippen LogP contribution in [0.15, 0.2) is 91.0 Å². The van der Waals surface area contributed by atoms with E-state index >= 15 is 0 Å². The Morgan fingerprint density at radius 2 is 0.920 bits per heavy atom. The van der Waals surface area contributed by atoms with Gasteiger partial charge in [0.15, 0.2) is 0 Å². The minimum atomic E-state index is -0.441. The zero-order valence-electron chi connectivity index (χ0n) is 14.2. The number of para-hydroxylation sites is 3. The van der Waals surface area contributed by atoms with E-state index in [1.807, 2.05) is 97.9 Å². The average Bonchev–Trinajstić information content (AvgIpc) is 2.64. The molecule has 3 rings (SSSR count). The van der Waals surface area contributed by atoms with Crippen LogP contribution in [0.1, 0.15) is 13.3 Å². The van der Waals surface area contributed by atoms with E-state index in [9.17, 15) is 0 Å². The van der Waals surface area contributed by atoms with Gasteiger partial charge in [-0.3, -0.25) is 0 Å². The van der Waals surface area contributed by atoms with Crippen molar-refractivity contribution in [1.82, 2.24) is 0 Å². The fourth-order valence-corrected chi connectivity index (χ4v) is 2.47. The van der Waals surface area contributed by atoms with Gasteiger partial charge < -0.3 is 14.2 Å². The first kappa shape index (κ1) is 16.9. The zero-order valence-corrected chi connectivity index (χ0v) is 14.2. The lowest BCUT2D eigenvalue weighted by Crippen LogP contribution is -2.30. The highest BCUT2D eigenvalue weighted by Crippen LogP contribution is 2.20. The Morgan fingerprint density at radius 1 is 0.560 bits per heavy atom. The predicted octanol–water partition coefficient (Wildman–Crippen LogP) is 5.33. The summed E-state index contributed by atoms with van der Waals surface area (Å²) in [5.74, 6) is 2.39. The Labute approximate surface area is 148 Å². The molecule has 0 bridgehead atoms. The third-order valence-corrected chi connectivity index (χ3v) is 3.63. The van der Waals surface area contributed by atoms with E-state index in [1.54, 1.807) is 0 Å². The lowest BCUT2D eigenvalue weighted by molar-refractivity contribution is -0.0232. The smallest absolute Gasteiger partial charge is 0.244 e. The van der Waals surface area contributed by atoms with Gasteiger partial charge in [-0.1, -0.05) is 54.6 Å². The molecule has 1 atom stereocenters. The van der Waals surface area contributed by atoms with Crippen molar-refractivity contribution in [1.29, 1.82) is 0 Å². The molecule has 25 heavy (non-hydrogen) atoms. The standard InChI is InChI=1S/C22H22O3/c1-18(23-19-11-5-2-6-12-19)17-22(24-20-13-7-3-8-14-20)25-21-15-9-4-10-16-21/h2-16,18,22H,17H2,1H3. The van der Waals surface area contributed by atoms with Crippen molar-refractivity contribution in [3.63, 3.8) is 0 Å². The van der Waals surface area contributed by atoms with Crippen molar-refractivity contribution in [2.75, 3.05) is 0 Å². The van der Waals surface area contributed by atoms with Gasteiger partial charge in [0, 0.05) is 0 Å². The highest BCUT2D eigenvalue weighted by molar-refractivity contribution is 5.24. The van der Waals surface area contributed by atoms with Crippen LogP contribution in [0.3, 0.4) is 0 Å². The van der Waals surface area contributed by atoms with Gasteiger partial charge in [-0.25, -0.2) is 0 Å². The molecule has 128 valence electrons. The van der Waals surface area contributed by atoms with Crippen molar-refractivity contribution < 1.29 is 14.2 Å². The van der Waals surface area contributed by atoms with E-state index < -0.39 is 6.29 Å². The average molecular weight is 334 g/mol. The summed E-state index contributed by atoms with van der Waals surface area (Å²) >= 11 is 0. The molecule has 0 fully saturated rings. The lowest BCUT2D eigenvalue weighted by Gasteiger charge is -2.24. The zero-order chi connectivity index (χ0) is 17.3. The number of benzene rings is 3. The number of hydrogen-bond acceptors (Lipinski definition) is 3. The minimum absolute atomic E-state index is 0.0557. The summed E-state index contributed by atoms with van der Waals surface area (Å²) in [5.41, 5.74) is 0. The fourth-order valence-electron chi connectivity index (χ4n) is 2.47. The van der Waals surface area contributed by atoms with Crippen molar-refractivity contribution in [2.45, 2.75) is 25.7 Å². The van der Waals surface area contributed by atoms with Crippen LogP contribution in [-0.4, -0.2) is 12.4 Å². The molecule has 0 aliphatic rings. The Kier molecular flexibility index (Phi) is 5.94. The normalized spacial score (nSPS) is 11.8. The summed E-state index contributed by atoms with van der Waals surface area (Å²) in [7, 11) is 0. The van der Waals surface area contributed by atoms with Gasteiger partial charge in [-0.05, 0) is 43.3 Å². The molecular weight excluding hydrogens is 312 g/mol. The molecule has 0 saturated heterocycles. The van der Waals surface area contributed by atoms with Crippen LogP contribution in [0, 0.1) is 0 Å².